The molecular formula is C23H22ClNO3. The first-order valence-electron chi connectivity index (χ1n) is 8.96. The Morgan fingerprint density at radius 3 is 2.25 bits per heavy atom. The first-order valence-corrected chi connectivity index (χ1v) is 9.34. The maximum Gasteiger partial charge on any atom is 0.259 e. The number of hydrogen-bond acceptors (Lipinski definition) is 3. The van der Waals surface area contributed by atoms with Crippen LogP contribution in [-0.2, 0) is 6.42 Å². The van der Waals surface area contributed by atoms with Crippen LogP contribution < -0.4 is 14.4 Å². The van der Waals surface area contributed by atoms with Gasteiger partial charge in [0.25, 0.3) is 5.91 Å². The fourth-order valence-electron chi connectivity index (χ4n) is 3.01. The lowest BCUT2D eigenvalue weighted by Crippen LogP contribution is -2.33. The minimum atomic E-state index is -0.128. The number of halogens is 1. The van der Waals surface area contributed by atoms with Gasteiger partial charge in [0, 0.05) is 12.2 Å². The van der Waals surface area contributed by atoms with Crippen LogP contribution in [0.5, 0.6) is 11.5 Å². The second-order valence-electron chi connectivity index (χ2n) is 6.21. The van der Waals surface area contributed by atoms with Crippen LogP contribution in [0.1, 0.15) is 15.9 Å². The molecule has 0 heterocycles. The Kier molecular flexibility index (Phi) is 6.56. The lowest BCUT2D eigenvalue weighted by Gasteiger charge is -2.24. The molecular weight excluding hydrogens is 374 g/mol. The molecule has 0 bridgehead atoms. The Bertz CT molecular complexity index is 944. The van der Waals surface area contributed by atoms with Crippen LogP contribution in [0.25, 0.3) is 0 Å². The van der Waals surface area contributed by atoms with Gasteiger partial charge in [0.1, 0.15) is 0 Å². The Morgan fingerprint density at radius 1 is 0.893 bits per heavy atom. The number of para-hydroxylation sites is 1. The van der Waals surface area contributed by atoms with Gasteiger partial charge in [-0.05, 0) is 48.4 Å². The summed E-state index contributed by atoms with van der Waals surface area (Å²) in [5.41, 5.74) is 2.36. The van der Waals surface area contributed by atoms with Crippen molar-refractivity contribution in [3.05, 3.63) is 88.9 Å². The van der Waals surface area contributed by atoms with E-state index in [4.69, 9.17) is 21.1 Å². The highest BCUT2D eigenvalue weighted by molar-refractivity contribution is 6.34. The molecule has 3 aromatic rings. The van der Waals surface area contributed by atoms with E-state index in [1.165, 1.54) is 0 Å². The van der Waals surface area contributed by atoms with Crippen molar-refractivity contribution in [1.29, 1.82) is 0 Å². The van der Waals surface area contributed by atoms with Gasteiger partial charge in [0.05, 0.1) is 24.8 Å². The first kappa shape index (κ1) is 19.8. The second kappa shape index (κ2) is 9.29. The molecule has 0 aromatic heterocycles. The minimum Gasteiger partial charge on any atom is -0.493 e. The molecule has 0 aliphatic heterocycles. The third kappa shape index (κ3) is 4.46. The third-order valence-corrected chi connectivity index (χ3v) is 4.82. The van der Waals surface area contributed by atoms with E-state index in [2.05, 4.69) is 0 Å². The summed E-state index contributed by atoms with van der Waals surface area (Å²) < 4.78 is 10.7. The van der Waals surface area contributed by atoms with Gasteiger partial charge in [0.15, 0.2) is 11.5 Å². The molecule has 4 nitrogen and oxygen atoms in total. The average Bonchev–Trinajstić information content (AvgIpc) is 2.74. The number of rotatable bonds is 7. The van der Waals surface area contributed by atoms with E-state index in [9.17, 15) is 4.79 Å². The molecule has 28 heavy (non-hydrogen) atoms. The summed E-state index contributed by atoms with van der Waals surface area (Å²) >= 11 is 6.26. The Labute approximate surface area is 170 Å². The SMILES string of the molecule is COc1ccc(CCN(C(=O)c2ccccc2Cl)c2ccccc2)cc1OC. The quantitative estimate of drug-likeness (QED) is 0.548. The summed E-state index contributed by atoms with van der Waals surface area (Å²) in [7, 11) is 3.22. The van der Waals surface area contributed by atoms with Crippen molar-refractivity contribution in [3.8, 4) is 11.5 Å². The van der Waals surface area contributed by atoms with Crippen molar-refractivity contribution in [2.24, 2.45) is 0 Å². The molecule has 0 atom stereocenters. The number of carbonyl (C=O) groups excluding carboxylic acids is 1. The number of amides is 1. The summed E-state index contributed by atoms with van der Waals surface area (Å²) in [5.74, 6) is 1.22. The zero-order valence-electron chi connectivity index (χ0n) is 15.9. The highest BCUT2D eigenvalue weighted by Gasteiger charge is 2.20. The van der Waals surface area contributed by atoms with Crippen LogP contribution in [0.4, 0.5) is 5.69 Å². The zero-order valence-corrected chi connectivity index (χ0v) is 16.6. The van der Waals surface area contributed by atoms with Gasteiger partial charge in [0.2, 0.25) is 0 Å². The van der Waals surface area contributed by atoms with Crippen LogP contribution in [0.3, 0.4) is 0 Å². The van der Waals surface area contributed by atoms with Crippen LogP contribution in [0.15, 0.2) is 72.8 Å². The predicted octanol–water partition coefficient (Wildman–Crippen LogP) is 5.25. The van der Waals surface area contributed by atoms with Crippen molar-refractivity contribution < 1.29 is 14.3 Å². The fourth-order valence-corrected chi connectivity index (χ4v) is 3.23. The lowest BCUT2D eigenvalue weighted by atomic mass is 10.1. The molecule has 144 valence electrons. The van der Waals surface area contributed by atoms with Crippen molar-refractivity contribution in [2.45, 2.75) is 6.42 Å². The molecule has 5 heteroatoms. The first-order chi connectivity index (χ1) is 13.6. The van der Waals surface area contributed by atoms with Gasteiger partial charge in [-0.3, -0.25) is 4.79 Å². The van der Waals surface area contributed by atoms with Gasteiger partial charge >= 0.3 is 0 Å². The summed E-state index contributed by atoms with van der Waals surface area (Å²) in [6.45, 7) is 0.504. The zero-order chi connectivity index (χ0) is 19.9. The van der Waals surface area contributed by atoms with E-state index >= 15 is 0 Å². The minimum absolute atomic E-state index is 0.128. The molecule has 0 saturated heterocycles. The number of ether oxygens (including phenoxy) is 2. The van der Waals surface area contributed by atoms with E-state index in [1.54, 1.807) is 31.3 Å². The number of methoxy groups -OCH3 is 2. The van der Waals surface area contributed by atoms with Crippen LogP contribution in [0, 0.1) is 0 Å². The normalized spacial score (nSPS) is 10.4. The third-order valence-electron chi connectivity index (χ3n) is 4.49. The topological polar surface area (TPSA) is 38.8 Å². The Morgan fingerprint density at radius 2 is 1.57 bits per heavy atom. The summed E-state index contributed by atoms with van der Waals surface area (Å²) in [6.07, 6.45) is 0.658. The Balaban J connectivity index is 1.87. The van der Waals surface area contributed by atoms with E-state index in [0.29, 0.717) is 35.1 Å². The molecule has 0 unspecified atom stereocenters. The average molecular weight is 396 g/mol. The molecule has 0 N–H and O–H groups in total. The molecule has 0 saturated carbocycles. The fraction of sp³-hybridized carbons (Fsp3) is 0.174. The highest BCUT2D eigenvalue weighted by Crippen LogP contribution is 2.28. The van der Waals surface area contributed by atoms with E-state index < -0.39 is 0 Å². The molecule has 0 aliphatic carbocycles. The van der Waals surface area contributed by atoms with Gasteiger partial charge in [-0.1, -0.05) is 48.0 Å². The van der Waals surface area contributed by atoms with Gasteiger partial charge < -0.3 is 14.4 Å². The van der Waals surface area contributed by atoms with Crippen LogP contribution >= 0.6 is 11.6 Å². The van der Waals surface area contributed by atoms with Crippen molar-refractivity contribution in [1.82, 2.24) is 0 Å². The van der Waals surface area contributed by atoms with Crippen molar-refractivity contribution >= 4 is 23.2 Å². The molecule has 1 amide bonds. The smallest absolute Gasteiger partial charge is 0.259 e. The number of benzene rings is 3. The monoisotopic (exact) mass is 395 g/mol. The van der Waals surface area contributed by atoms with Crippen LogP contribution in [0.2, 0.25) is 5.02 Å². The molecule has 0 radical (unpaired) electrons. The van der Waals surface area contributed by atoms with Crippen molar-refractivity contribution in [3.63, 3.8) is 0 Å². The molecule has 3 aromatic carbocycles. The van der Waals surface area contributed by atoms with Gasteiger partial charge in [-0.15, -0.1) is 0 Å². The predicted molar refractivity (Wildman–Crippen MR) is 113 cm³/mol. The van der Waals surface area contributed by atoms with E-state index in [0.717, 1.165) is 11.3 Å². The largest absolute Gasteiger partial charge is 0.493 e. The molecule has 3 rings (SSSR count). The van der Waals surface area contributed by atoms with Crippen LogP contribution in [-0.4, -0.2) is 26.7 Å². The number of nitrogens with zero attached hydrogens (tertiary/aromatic N) is 1. The molecule has 0 spiro atoms. The standard InChI is InChI=1S/C23H22ClNO3/c1-27-21-13-12-17(16-22(21)28-2)14-15-25(18-8-4-3-5-9-18)23(26)19-10-6-7-11-20(19)24/h3-13,16H,14-15H2,1-2H3. The Hall–Kier alpha value is -2.98. The van der Waals surface area contributed by atoms with Gasteiger partial charge in [-0.2, -0.15) is 0 Å². The summed E-state index contributed by atoms with van der Waals surface area (Å²) in [6, 6.07) is 22.5. The number of hydrogen-bond donors (Lipinski definition) is 0. The molecule has 0 aliphatic rings. The second-order valence-corrected chi connectivity index (χ2v) is 6.62. The lowest BCUT2D eigenvalue weighted by molar-refractivity contribution is 0.0987. The van der Waals surface area contributed by atoms with E-state index in [1.807, 2.05) is 60.7 Å². The van der Waals surface area contributed by atoms with Crippen molar-refractivity contribution in [2.75, 3.05) is 25.7 Å². The highest BCUT2D eigenvalue weighted by atomic mass is 35.5. The maximum atomic E-state index is 13.2. The summed E-state index contributed by atoms with van der Waals surface area (Å²) in [4.78, 5) is 15.0. The number of anilines is 1. The van der Waals surface area contributed by atoms with E-state index in [-0.39, 0.29) is 5.91 Å². The maximum absolute atomic E-state index is 13.2. The number of carbonyl (C=O) groups is 1. The van der Waals surface area contributed by atoms with Gasteiger partial charge in [-0.25, -0.2) is 0 Å². The molecule has 0 fully saturated rings. The summed E-state index contributed by atoms with van der Waals surface area (Å²) in [5, 5.41) is 0.444.